The van der Waals surface area contributed by atoms with E-state index in [2.05, 4.69) is 4.90 Å². The van der Waals surface area contributed by atoms with E-state index in [-0.39, 0.29) is 5.91 Å². The molecule has 1 saturated heterocycles. The molecule has 0 aromatic heterocycles. The van der Waals surface area contributed by atoms with E-state index in [1.807, 2.05) is 43.1 Å². The lowest BCUT2D eigenvalue weighted by Crippen LogP contribution is -2.39. The second kappa shape index (κ2) is 8.79. The van der Waals surface area contributed by atoms with Crippen LogP contribution in [-0.2, 0) is 11.2 Å². The summed E-state index contributed by atoms with van der Waals surface area (Å²) < 4.78 is 5.42. The van der Waals surface area contributed by atoms with Crippen molar-refractivity contribution in [2.45, 2.75) is 32.6 Å². The molecule has 0 bridgehead atoms. The van der Waals surface area contributed by atoms with Crippen molar-refractivity contribution in [3.63, 3.8) is 0 Å². The van der Waals surface area contributed by atoms with E-state index in [0.717, 1.165) is 24.4 Å². The lowest BCUT2D eigenvalue weighted by atomic mass is 10.1. The Morgan fingerprint density at radius 3 is 2.50 bits per heavy atom. The van der Waals surface area contributed by atoms with Crippen LogP contribution in [0.4, 0.5) is 0 Å². The first kappa shape index (κ1) is 16.8. The third kappa shape index (κ3) is 5.34. The van der Waals surface area contributed by atoms with Crippen molar-refractivity contribution in [2.24, 2.45) is 0 Å². The molecule has 1 amide bonds. The molecular formula is C18H28N2O2. The van der Waals surface area contributed by atoms with Gasteiger partial charge in [-0.15, -0.1) is 0 Å². The molecule has 0 radical (unpaired) electrons. The quantitative estimate of drug-likeness (QED) is 0.776. The molecule has 4 nitrogen and oxygen atoms in total. The first-order valence-electron chi connectivity index (χ1n) is 8.37. The van der Waals surface area contributed by atoms with Crippen molar-refractivity contribution >= 4 is 5.91 Å². The van der Waals surface area contributed by atoms with Crippen molar-refractivity contribution in [2.75, 3.05) is 39.8 Å². The highest BCUT2D eigenvalue weighted by Crippen LogP contribution is 2.13. The summed E-state index contributed by atoms with van der Waals surface area (Å²) in [7, 11) is 1.90. The number of rotatable bonds is 7. The number of amides is 1. The van der Waals surface area contributed by atoms with E-state index in [1.165, 1.54) is 32.4 Å². The van der Waals surface area contributed by atoms with Crippen molar-refractivity contribution in [3.8, 4) is 5.75 Å². The summed E-state index contributed by atoms with van der Waals surface area (Å²) in [6, 6.07) is 7.81. The Kier molecular flexibility index (Phi) is 6.72. The number of likely N-dealkylation sites (tertiary alicyclic amines) is 1. The number of ether oxygens (including phenoxy) is 1. The van der Waals surface area contributed by atoms with Gasteiger partial charge in [-0.2, -0.15) is 0 Å². The SMILES string of the molecule is CCOc1ccc(CC(=O)N(C)CCN2CCCCC2)cc1. The highest BCUT2D eigenvalue weighted by molar-refractivity contribution is 5.78. The van der Waals surface area contributed by atoms with Crippen LogP contribution in [0.3, 0.4) is 0 Å². The van der Waals surface area contributed by atoms with Crippen LogP contribution >= 0.6 is 0 Å². The highest BCUT2D eigenvalue weighted by Gasteiger charge is 2.13. The topological polar surface area (TPSA) is 32.8 Å². The second-order valence-corrected chi connectivity index (χ2v) is 5.97. The van der Waals surface area contributed by atoms with Gasteiger partial charge in [0, 0.05) is 20.1 Å². The molecule has 4 heteroatoms. The lowest BCUT2D eigenvalue weighted by molar-refractivity contribution is -0.129. The van der Waals surface area contributed by atoms with Gasteiger partial charge in [-0.3, -0.25) is 4.79 Å². The van der Waals surface area contributed by atoms with Crippen molar-refractivity contribution < 1.29 is 9.53 Å². The Bertz CT molecular complexity index is 453. The number of hydrogen-bond donors (Lipinski definition) is 0. The number of hydrogen-bond acceptors (Lipinski definition) is 3. The van der Waals surface area contributed by atoms with Crippen LogP contribution in [-0.4, -0.2) is 55.5 Å². The first-order valence-corrected chi connectivity index (χ1v) is 8.37. The highest BCUT2D eigenvalue weighted by atomic mass is 16.5. The fourth-order valence-electron chi connectivity index (χ4n) is 2.78. The molecule has 0 spiro atoms. The number of likely N-dealkylation sites (N-methyl/N-ethyl adjacent to an activating group) is 1. The third-order valence-corrected chi connectivity index (χ3v) is 4.22. The summed E-state index contributed by atoms with van der Waals surface area (Å²) in [4.78, 5) is 16.6. The monoisotopic (exact) mass is 304 g/mol. The Hall–Kier alpha value is -1.55. The molecule has 1 aliphatic rings. The maximum absolute atomic E-state index is 12.3. The molecule has 1 aliphatic heterocycles. The van der Waals surface area contributed by atoms with Crippen LogP contribution in [0.15, 0.2) is 24.3 Å². The molecule has 1 aromatic carbocycles. The van der Waals surface area contributed by atoms with Gasteiger partial charge < -0.3 is 14.5 Å². The molecular weight excluding hydrogens is 276 g/mol. The molecule has 0 unspecified atom stereocenters. The summed E-state index contributed by atoms with van der Waals surface area (Å²) in [6.45, 7) is 6.80. The molecule has 1 heterocycles. The number of benzene rings is 1. The zero-order valence-electron chi connectivity index (χ0n) is 13.9. The van der Waals surface area contributed by atoms with Gasteiger partial charge in [0.25, 0.3) is 0 Å². The van der Waals surface area contributed by atoms with E-state index in [1.54, 1.807) is 0 Å². The van der Waals surface area contributed by atoms with Crippen molar-refractivity contribution in [1.82, 2.24) is 9.80 Å². The average Bonchev–Trinajstić information content (AvgIpc) is 2.55. The minimum absolute atomic E-state index is 0.182. The molecule has 0 N–H and O–H groups in total. The van der Waals surface area contributed by atoms with E-state index < -0.39 is 0 Å². The van der Waals surface area contributed by atoms with Gasteiger partial charge in [0.2, 0.25) is 5.91 Å². The smallest absolute Gasteiger partial charge is 0.226 e. The van der Waals surface area contributed by atoms with Gasteiger partial charge in [-0.1, -0.05) is 18.6 Å². The minimum atomic E-state index is 0.182. The van der Waals surface area contributed by atoms with Gasteiger partial charge in [-0.25, -0.2) is 0 Å². The Morgan fingerprint density at radius 1 is 1.18 bits per heavy atom. The van der Waals surface area contributed by atoms with Gasteiger partial charge in [0.1, 0.15) is 5.75 Å². The van der Waals surface area contributed by atoms with Crippen LogP contribution < -0.4 is 4.74 Å². The zero-order chi connectivity index (χ0) is 15.8. The predicted octanol–water partition coefficient (Wildman–Crippen LogP) is 2.57. The summed E-state index contributed by atoms with van der Waals surface area (Å²) in [5.41, 5.74) is 1.04. The molecule has 0 aliphatic carbocycles. The minimum Gasteiger partial charge on any atom is -0.494 e. The summed E-state index contributed by atoms with van der Waals surface area (Å²) >= 11 is 0. The maximum atomic E-state index is 12.3. The number of piperidine rings is 1. The number of carbonyl (C=O) groups excluding carboxylic acids is 1. The Morgan fingerprint density at radius 2 is 1.86 bits per heavy atom. The fourth-order valence-corrected chi connectivity index (χ4v) is 2.78. The normalized spacial score (nSPS) is 15.5. The van der Waals surface area contributed by atoms with E-state index in [4.69, 9.17) is 4.74 Å². The third-order valence-electron chi connectivity index (χ3n) is 4.22. The van der Waals surface area contributed by atoms with E-state index in [0.29, 0.717) is 13.0 Å². The summed E-state index contributed by atoms with van der Waals surface area (Å²) in [5, 5.41) is 0. The van der Waals surface area contributed by atoms with E-state index in [9.17, 15) is 4.79 Å². The predicted molar refractivity (Wildman–Crippen MR) is 89.2 cm³/mol. The van der Waals surface area contributed by atoms with Crippen LogP contribution in [0.2, 0.25) is 0 Å². The zero-order valence-corrected chi connectivity index (χ0v) is 13.9. The molecule has 122 valence electrons. The Labute approximate surface area is 134 Å². The standard InChI is InChI=1S/C18H28N2O2/c1-3-22-17-9-7-16(8-10-17)15-18(21)19(2)13-14-20-11-5-4-6-12-20/h7-10H,3-6,11-15H2,1-2H3. The van der Waals surface area contributed by atoms with E-state index >= 15 is 0 Å². The summed E-state index contributed by atoms with van der Waals surface area (Å²) in [5.74, 6) is 1.04. The van der Waals surface area contributed by atoms with Gasteiger partial charge in [0.05, 0.1) is 13.0 Å². The van der Waals surface area contributed by atoms with Crippen molar-refractivity contribution in [3.05, 3.63) is 29.8 Å². The van der Waals surface area contributed by atoms with Crippen LogP contribution in [0.5, 0.6) is 5.75 Å². The lowest BCUT2D eigenvalue weighted by Gasteiger charge is -2.28. The van der Waals surface area contributed by atoms with Crippen LogP contribution in [0, 0.1) is 0 Å². The number of nitrogens with zero attached hydrogens (tertiary/aromatic N) is 2. The first-order chi connectivity index (χ1) is 10.7. The second-order valence-electron chi connectivity index (χ2n) is 5.97. The van der Waals surface area contributed by atoms with Crippen LogP contribution in [0.1, 0.15) is 31.7 Å². The molecule has 2 rings (SSSR count). The van der Waals surface area contributed by atoms with Gasteiger partial charge >= 0.3 is 0 Å². The fraction of sp³-hybridized carbons (Fsp3) is 0.611. The Balaban J connectivity index is 1.75. The van der Waals surface area contributed by atoms with Crippen LogP contribution in [0.25, 0.3) is 0 Å². The molecule has 0 saturated carbocycles. The van der Waals surface area contributed by atoms with Gasteiger partial charge in [0.15, 0.2) is 0 Å². The molecule has 22 heavy (non-hydrogen) atoms. The molecule has 0 atom stereocenters. The summed E-state index contributed by atoms with van der Waals surface area (Å²) in [6.07, 6.45) is 4.40. The van der Waals surface area contributed by atoms with Gasteiger partial charge in [-0.05, 0) is 50.6 Å². The largest absolute Gasteiger partial charge is 0.494 e. The molecule has 1 fully saturated rings. The maximum Gasteiger partial charge on any atom is 0.226 e. The average molecular weight is 304 g/mol. The number of carbonyl (C=O) groups is 1. The van der Waals surface area contributed by atoms with Crippen molar-refractivity contribution in [1.29, 1.82) is 0 Å². The molecule has 1 aromatic rings.